The molecule has 6 nitrogen and oxygen atoms in total. The molecule has 2 heterocycles. The highest BCUT2D eigenvalue weighted by molar-refractivity contribution is 9.10. The SMILES string of the molecule is C#CCOc1ccc(/C=c2\sc3n(c2=O)C(c2ccccc2)C(C(=O)OCC)=C(C)N=3)cc1Br. The van der Waals surface area contributed by atoms with Gasteiger partial charge in [0, 0.05) is 0 Å². The summed E-state index contributed by atoms with van der Waals surface area (Å²) in [5.74, 6) is 2.58. The second-order valence-electron chi connectivity index (χ2n) is 7.40. The molecule has 0 saturated carbocycles. The summed E-state index contributed by atoms with van der Waals surface area (Å²) in [5.41, 5.74) is 2.30. The van der Waals surface area contributed by atoms with Crippen LogP contribution in [0.1, 0.15) is 31.0 Å². The molecule has 172 valence electrons. The predicted molar refractivity (Wildman–Crippen MR) is 135 cm³/mol. The van der Waals surface area contributed by atoms with Crippen LogP contribution in [0.3, 0.4) is 0 Å². The van der Waals surface area contributed by atoms with Crippen molar-refractivity contribution in [1.29, 1.82) is 0 Å². The number of fused-ring (bicyclic) bond motifs is 1. The van der Waals surface area contributed by atoms with Crippen LogP contribution in [0.5, 0.6) is 5.75 Å². The maximum absolute atomic E-state index is 13.6. The standard InChI is InChI=1S/C26H21BrN2O4S/c1-4-13-33-20-12-11-17(14-19(20)27)15-21-24(30)29-23(18-9-7-6-8-10-18)22(25(31)32-5-2)16(3)28-26(29)34-21/h1,6-12,14-15,23H,5,13H2,2-3H3/b21-15-. The molecule has 0 spiro atoms. The Morgan fingerprint density at radius 1 is 1.29 bits per heavy atom. The van der Waals surface area contributed by atoms with E-state index in [0.717, 1.165) is 15.6 Å². The Hall–Kier alpha value is -3.41. The summed E-state index contributed by atoms with van der Waals surface area (Å²) < 4.78 is 13.6. The molecular formula is C26H21BrN2O4S. The first kappa shape index (κ1) is 23.7. The van der Waals surface area contributed by atoms with Gasteiger partial charge in [0.1, 0.15) is 12.4 Å². The molecule has 0 fully saturated rings. The fraction of sp³-hybridized carbons (Fsp3) is 0.192. The summed E-state index contributed by atoms with van der Waals surface area (Å²) in [7, 11) is 0. The minimum Gasteiger partial charge on any atom is -0.480 e. The first-order valence-corrected chi connectivity index (χ1v) is 12.2. The van der Waals surface area contributed by atoms with Crippen molar-refractivity contribution in [2.45, 2.75) is 19.9 Å². The lowest BCUT2D eigenvalue weighted by molar-refractivity contribution is -0.139. The minimum atomic E-state index is -0.620. The maximum Gasteiger partial charge on any atom is 0.338 e. The van der Waals surface area contributed by atoms with Gasteiger partial charge in [0.2, 0.25) is 0 Å². The number of carbonyl (C=O) groups is 1. The van der Waals surface area contributed by atoms with Crippen LogP contribution in [0, 0.1) is 12.3 Å². The molecule has 0 N–H and O–H groups in total. The van der Waals surface area contributed by atoms with Gasteiger partial charge in [-0.15, -0.1) is 6.42 Å². The third-order valence-corrected chi connectivity index (χ3v) is 6.80. The van der Waals surface area contributed by atoms with Crippen molar-refractivity contribution in [2.24, 2.45) is 4.99 Å². The molecule has 1 atom stereocenters. The number of terminal acetylenes is 1. The van der Waals surface area contributed by atoms with E-state index in [1.54, 1.807) is 30.6 Å². The molecule has 0 aliphatic carbocycles. The normalized spacial score (nSPS) is 15.4. The van der Waals surface area contributed by atoms with E-state index in [1.165, 1.54) is 11.3 Å². The van der Waals surface area contributed by atoms with Gasteiger partial charge in [0.15, 0.2) is 4.80 Å². The summed E-state index contributed by atoms with van der Waals surface area (Å²) in [4.78, 5) is 31.6. The Morgan fingerprint density at radius 2 is 2.06 bits per heavy atom. The Bertz CT molecular complexity index is 1500. The van der Waals surface area contributed by atoms with Gasteiger partial charge in [0.25, 0.3) is 5.56 Å². The fourth-order valence-corrected chi connectivity index (χ4v) is 5.29. The van der Waals surface area contributed by atoms with Gasteiger partial charge < -0.3 is 9.47 Å². The van der Waals surface area contributed by atoms with Crippen LogP contribution in [0.15, 0.2) is 74.1 Å². The summed E-state index contributed by atoms with van der Waals surface area (Å²) >= 11 is 4.76. The number of hydrogen-bond acceptors (Lipinski definition) is 6. The fourth-order valence-electron chi connectivity index (χ4n) is 3.74. The third kappa shape index (κ3) is 4.63. The summed E-state index contributed by atoms with van der Waals surface area (Å²) in [6.45, 7) is 3.92. The lowest BCUT2D eigenvalue weighted by Crippen LogP contribution is -2.39. The summed E-state index contributed by atoms with van der Waals surface area (Å²) in [5, 5.41) is 0. The average molecular weight is 537 g/mol. The van der Waals surface area contributed by atoms with E-state index in [4.69, 9.17) is 15.9 Å². The van der Waals surface area contributed by atoms with Crippen molar-refractivity contribution in [3.05, 3.63) is 95.1 Å². The second-order valence-corrected chi connectivity index (χ2v) is 9.26. The highest BCUT2D eigenvalue weighted by Gasteiger charge is 2.33. The van der Waals surface area contributed by atoms with E-state index in [1.807, 2.05) is 42.5 Å². The first-order chi connectivity index (χ1) is 16.4. The van der Waals surface area contributed by atoms with Gasteiger partial charge in [-0.1, -0.05) is 53.7 Å². The lowest BCUT2D eigenvalue weighted by atomic mass is 9.96. The number of nitrogens with zero attached hydrogens (tertiary/aromatic N) is 2. The number of aromatic nitrogens is 1. The topological polar surface area (TPSA) is 69.9 Å². The van der Waals surface area contributed by atoms with Gasteiger partial charge in [-0.25, -0.2) is 9.79 Å². The molecule has 1 unspecified atom stereocenters. The van der Waals surface area contributed by atoms with Gasteiger partial charge in [-0.05, 0) is 59.1 Å². The zero-order chi connectivity index (χ0) is 24.2. The molecular weight excluding hydrogens is 516 g/mol. The zero-order valence-corrected chi connectivity index (χ0v) is 21.0. The van der Waals surface area contributed by atoms with Crippen LogP contribution in [0.2, 0.25) is 0 Å². The number of carbonyl (C=O) groups excluding carboxylic acids is 1. The van der Waals surface area contributed by atoms with Crippen molar-refractivity contribution in [3.63, 3.8) is 0 Å². The van der Waals surface area contributed by atoms with Crippen LogP contribution >= 0.6 is 27.3 Å². The van der Waals surface area contributed by atoms with Gasteiger partial charge in [-0.3, -0.25) is 9.36 Å². The second kappa shape index (κ2) is 10.2. The number of esters is 1. The van der Waals surface area contributed by atoms with Crippen molar-refractivity contribution in [3.8, 4) is 18.1 Å². The number of benzene rings is 2. The van der Waals surface area contributed by atoms with E-state index in [0.29, 0.717) is 26.4 Å². The van der Waals surface area contributed by atoms with Crippen LogP contribution in [0.25, 0.3) is 6.08 Å². The molecule has 0 radical (unpaired) electrons. The molecule has 3 aromatic rings. The van der Waals surface area contributed by atoms with Crippen molar-refractivity contribution < 1.29 is 14.3 Å². The summed E-state index contributed by atoms with van der Waals surface area (Å²) in [6, 6.07) is 14.3. The number of allylic oxidation sites excluding steroid dienone is 1. The largest absolute Gasteiger partial charge is 0.480 e. The van der Waals surface area contributed by atoms with Crippen molar-refractivity contribution in [1.82, 2.24) is 4.57 Å². The minimum absolute atomic E-state index is 0.165. The number of hydrogen-bond donors (Lipinski definition) is 0. The van der Waals surface area contributed by atoms with E-state index in [9.17, 15) is 9.59 Å². The third-order valence-electron chi connectivity index (χ3n) is 5.20. The molecule has 34 heavy (non-hydrogen) atoms. The van der Waals surface area contributed by atoms with Gasteiger partial charge >= 0.3 is 5.97 Å². The number of ether oxygens (including phenoxy) is 2. The van der Waals surface area contributed by atoms with E-state index < -0.39 is 12.0 Å². The quantitative estimate of drug-likeness (QED) is 0.356. The molecule has 0 bridgehead atoms. The Balaban J connectivity index is 1.86. The van der Waals surface area contributed by atoms with Gasteiger partial charge in [-0.2, -0.15) is 0 Å². The van der Waals surface area contributed by atoms with Crippen LogP contribution < -0.4 is 19.6 Å². The number of rotatable bonds is 6. The van der Waals surface area contributed by atoms with Crippen LogP contribution in [0.4, 0.5) is 0 Å². The predicted octanol–water partition coefficient (Wildman–Crippen LogP) is 3.57. The number of halogens is 1. The Labute approximate surface area is 209 Å². The van der Waals surface area contributed by atoms with Crippen molar-refractivity contribution in [2.75, 3.05) is 13.2 Å². The Morgan fingerprint density at radius 3 is 2.74 bits per heavy atom. The van der Waals surface area contributed by atoms with E-state index in [2.05, 4.69) is 26.8 Å². The zero-order valence-electron chi connectivity index (χ0n) is 18.6. The van der Waals surface area contributed by atoms with E-state index in [-0.39, 0.29) is 18.8 Å². The molecule has 2 aromatic carbocycles. The molecule has 8 heteroatoms. The number of thiazole rings is 1. The summed E-state index contributed by atoms with van der Waals surface area (Å²) in [6.07, 6.45) is 7.05. The van der Waals surface area contributed by atoms with Crippen LogP contribution in [-0.2, 0) is 9.53 Å². The molecule has 1 aliphatic rings. The van der Waals surface area contributed by atoms with E-state index >= 15 is 0 Å². The molecule has 0 saturated heterocycles. The molecule has 0 amide bonds. The monoisotopic (exact) mass is 536 g/mol. The molecule has 1 aliphatic heterocycles. The van der Waals surface area contributed by atoms with Crippen molar-refractivity contribution >= 4 is 39.3 Å². The first-order valence-electron chi connectivity index (χ1n) is 10.5. The smallest absolute Gasteiger partial charge is 0.338 e. The average Bonchev–Trinajstić information content (AvgIpc) is 3.12. The van der Waals surface area contributed by atoms with Crippen LogP contribution in [-0.4, -0.2) is 23.8 Å². The molecule has 4 rings (SSSR count). The Kier molecular flexibility index (Phi) is 7.15. The van der Waals surface area contributed by atoms with Gasteiger partial charge in [0.05, 0.1) is 32.9 Å². The highest BCUT2D eigenvalue weighted by atomic mass is 79.9. The lowest BCUT2D eigenvalue weighted by Gasteiger charge is -2.24. The maximum atomic E-state index is 13.6. The molecule has 1 aromatic heterocycles. The highest BCUT2D eigenvalue weighted by Crippen LogP contribution is 2.30.